The van der Waals surface area contributed by atoms with Gasteiger partial charge in [0.05, 0.1) is 35.2 Å². The lowest BCUT2D eigenvalue weighted by Crippen LogP contribution is -2.39. The molecule has 0 spiro atoms. The van der Waals surface area contributed by atoms with Gasteiger partial charge in [-0.25, -0.2) is 4.79 Å². The maximum atomic E-state index is 12.3. The van der Waals surface area contributed by atoms with Crippen LogP contribution in [0.1, 0.15) is 17.5 Å². The molecular weight excluding hydrogens is 606 g/mol. The predicted molar refractivity (Wildman–Crippen MR) is 138 cm³/mol. The number of hydrogen-bond acceptors (Lipinski definition) is 9. The van der Waals surface area contributed by atoms with Crippen LogP contribution in [0.3, 0.4) is 0 Å². The minimum absolute atomic E-state index is 0.0401. The van der Waals surface area contributed by atoms with Crippen LogP contribution in [0.15, 0.2) is 51.9 Å². The van der Waals surface area contributed by atoms with E-state index in [-0.39, 0.29) is 22.5 Å². The zero-order valence-electron chi connectivity index (χ0n) is 19.7. The van der Waals surface area contributed by atoms with Gasteiger partial charge >= 0.3 is 11.9 Å². The van der Waals surface area contributed by atoms with E-state index in [1.807, 2.05) is 11.9 Å². The molecule has 0 aromatic heterocycles. The Balaban J connectivity index is 0.000000261. The van der Waals surface area contributed by atoms with Crippen LogP contribution in [0.5, 0.6) is 0 Å². The normalized spacial score (nSPS) is 16.9. The number of esters is 2. The Labute approximate surface area is 223 Å². The maximum Gasteiger partial charge on any atom is 0.338 e. The van der Waals surface area contributed by atoms with Crippen molar-refractivity contribution in [3.8, 4) is 0 Å². The van der Waals surface area contributed by atoms with Crippen molar-refractivity contribution in [1.82, 2.24) is 4.90 Å². The van der Waals surface area contributed by atoms with Crippen molar-refractivity contribution < 1.29 is 28.9 Å². The van der Waals surface area contributed by atoms with E-state index in [4.69, 9.17) is 4.74 Å². The van der Waals surface area contributed by atoms with Crippen molar-refractivity contribution in [2.24, 2.45) is 0 Å². The van der Waals surface area contributed by atoms with Crippen LogP contribution in [0.2, 0.25) is 0 Å². The molecule has 0 aliphatic carbocycles. The first-order valence-electron chi connectivity index (χ1n) is 10.3. The van der Waals surface area contributed by atoms with Crippen LogP contribution < -0.4 is 0 Å². The van der Waals surface area contributed by atoms with Crippen molar-refractivity contribution in [2.45, 2.75) is 11.8 Å². The van der Waals surface area contributed by atoms with Gasteiger partial charge in [-0.15, -0.1) is 0 Å². The smallest absolute Gasteiger partial charge is 0.338 e. The lowest BCUT2D eigenvalue weighted by Gasteiger charge is -2.26. The summed E-state index contributed by atoms with van der Waals surface area (Å²) in [7, 11) is 4.39. The van der Waals surface area contributed by atoms with Crippen molar-refractivity contribution in [3.05, 3.63) is 83.3 Å². The summed E-state index contributed by atoms with van der Waals surface area (Å²) in [4.78, 5) is 46.5. The van der Waals surface area contributed by atoms with Crippen LogP contribution in [0.4, 0.5) is 11.4 Å². The third kappa shape index (κ3) is 6.33. The summed E-state index contributed by atoms with van der Waals surface area (Å²) in [6.07, 6.45) is 0.513. The molecule has 13 heteroatoms. The molecule has 0 amide bonds. The van der Waals surface area contributed by atoms with Crippen molar-refractivity contribution in [2.75, 3.05) is 34.4 Å². The van der Waals surface area contributed by atoms with Gasteiger partial charge in [-0.05, 0) is 44.3 Å². The van der Waals surface area contributed by atoms with E-state index in [2.05, 4.69) is 43.2 Å². The zero-order valence-corrected chi connectivity index (χ0v) is 22.8. The summed E-state index contributed by atoms with van der Waals surface area (Å²) in [5.74, 6) is -1.11. The van der Waals surface area contributed by atoms with Gasteiger partial charge in [0.2, 0.25) is 0 Å². The Morgan fingerprint density at radius 3 is 2.03 bits per heavy atom. The number of likely N-dealkylation sites (tertiary alicyclic amines) is 1. The largest absolute Gasteiger partial charge is 0.468 e. The number of nitro benzene ring substituents is 2. The van der Waals surface area contributed by atoms with E-state index in [1.165, 1.54) is 32.4 Å². The molecule has 1 aliphatic heterocycles. The summed E-state index contributed by atoms with van der Waals surface area (Å²) >= 11 is 6.34. The standard InChI is InChI=1S/C13H15BrN2O4.C10H8BrNO4/c1-15-6-5-13(8-15,12(17)20-2)10-4-3-9(14)7-11(10)16(18)19;1-6(10(13)16-2)8-4-3-7(11)5-9(8)12(14)15/h3-4,7H,5-6,8H2,1-2H3;3-5H,1H2,2H3. The third-order valence-electron chi connectivity index (χ3n) is 5.62. The van der Waals surface area contributed by atoms with Crippen LogP contribution in [-0.4, -0.2) is 61.0 Å². The number of likely N-dealkylation sites (N-methyl/N-ethyl adjacent to an activating group) is 1. The van der Waals surface area contributed by atoms with Crippen molar-refractivity contribution in [1.29, 1.82) is 0 Å². The average molecular weight is 629 g/mol. The molecule has 2 aromatic rings. The Bertz CT molecular complexity index is 1220. The molecule has 11 nitrogen and oxygen atoms in total. The van der Waals surface area contributed by atoms with E-state index in [9.17, 15) is 29.8 Å². The first-order valence-corrected chi connectivity index (χ1v) is 11.9. The molecule has 1 fully saturated rings. The zero-order chi connectivity index (χ0) is 27.2. The van der Waals surface area contributed by atoms with E-state index in [0.29, 0.717) is 34.0 Å². The number of carbonyl (C=O) groups excluding carboxylic acids is 2. The summed E-state index contributed by atoms with van der Waals surface area (Å²) in [5.41, 5.74) is -0.680. The first-order chi connectivity index (χ1) is 16.9. The summed E-state index contributed by atoms with van der Waals surface area (Å²) in [6, 6.07) is 9.13. The molecule has 1 saturated heterocycles. The van der Waals surface area contributed by atoms with Gasteiger partial charge in [0.15, 0.2) is 0 Å². The molecule has 2 aromatic carbocycles. The topological polar surface area (TPSA) is 142 Å². The van der Waals surface area contributed by atoms with E-state index in [1.54, 1.807) is 18.2 Å². The second kappa shape index (κ2) is 12.2. The van der Waals surface area contributed by atoms with Crippen molar-refractivity contribution >= 4 is 60.7 Å². The number of ether oxygens (including phenoxy) is 2. The second-order valence-corrected chi connectivity index (χ2v) is 9.70. The number of nitrogens with zero attached hydrogens (tertiary/aromatic N) is 3. The molecule has 0 radical (unpaired) electrons. The number of carbonyl (C=O) groups is 2. The maximum absolute atomic E-state index is 12.3. The highest BCUT2D eigenvalue weighted by Gasteiger charge is 2.49. The molecular formula is C23H23Br2N3O8. The number of nitro groups is 2. The van der Waals surface area contributed by atoms with Crippen molar-refractivity contribution in [3.63, 3.8) is 0 Å². The van der Waals surface area contributed by atoms with Gasteiger partial charge in [-0.3, -0.25) is 25.0 Å². The van der Waals surface area contributed by atoms with Gasteiger partial charge in [0, 0.05) is 33.2 Å². The highest BCUT2D eigenvalue weighted by Crippen LogP contribution is 2.41. The SMILES string of the molecule is C=C(C(=O)OC)c1ccc(Br)cc1[N+](=O)[O-].COC(=O)C1(c2ccc(Br)cc2[N+](=O)[O-])CCN(C)C1. The van der Waals surface area contributed by atoms with Gasteiger partial charge in [0.1, 0.15) is 5.41 Å². The fourth-order valence-corrected chi connectivity index (χ4v) is 4.60. The van der Waals surface area contributed by atoms with Crippen LogP contribution in [-0.2, 0) is 24.5 Å². The molecule has 1 aliphatic rings. The summed E-state index contributed by atoms with van der Waals surface area (Å²) < 4.78 is 10.5. The van der Waals surface area contributed by atoms with Gasteiger partial charge < -0.3 is 14.4 Å². The highest BCUT2D eigenvalue weighted by molar-refractivity contribution is 9.10. The fourth-order valence-electron chi connectivity index (χ4n) is 3.90. The second-order valence-electron chi connectivity index (χ2n) is 7.87. The number of rotatable bonds is 6. The molecule has 0 bridgehead atoms. The van der Waals surface area contributed by atoms with Gasteiger partial charge in [-0.1, -0.05) is 38.4 Å². The number of hydrogen-bond donors (Lipinski definition) is 0. The molecule has 0 N–H and O–H groups in total. The van der Waals surface area contributed by atoms with E-state index in [0.717, 1.165) is 0 Å². The fraction of sp³-hybridized carbons (Fsp3) is 0.304. The Morgan fingerprint density at radius 2 is 1.56 bits per heavy atom. The summed E-state index contributed by atoms with van der Waals surface area (Å²) in [6.45, 7) is 4.59. The van der Waals surface area contributed by atoms with Crippen LogP contribution in [0.25, 0.3) is 5.57 Å². The lowest BCUT2D eigenvalue weighted by molar-refractivity contribution is -0.386. The lowest BCUT2D eigenvalue weighted by atomic mass is 9.78. The molecule has 3 rings (SSSR count). The number of methoxy groups -OCH3 is 2. The molecule has 1 atom stereocenters. The average Bonchev–Trinajstić information content (AvgIpc) is 3.25. The highest BCUT2D eigenvalue weighted by atomic mass is 79.9. The number of benzene rings is 2. The van der Waals surface area contributed by atoms with Gasteiger partial charge in [-0.2, -0.15) is 0 Å². The quantitative estimate of drug-likeness (QED) is 0.193. The Kier molecular flexibility index (Phi) is 9.85. The minimum atomic E-state index is -0.966. The molecule has 1 unspecified atom stereocenters. The van der Waals surface area contributed by atoms with Crippen LogP contribution >= 0.6 is 31.9 Å². The molecule has 36 heavy (non-hydrogen) atoms. The predicted octanol–water partition coefficient (Wildman–Crippen LogP) is 4.65. The third-order valence-corrected chi connectivity index (χ3v) is 6.61. The summed E-state index contributed by atoms with van der Waals surface area (Å²) in [5, 5.41) is 22.1. The Hall–Kier alpha value is -3.16. The van der Waals surface area contributed by atoms with Gasteiger partial charge in [0.25, 0.3) is 11.4 Å². The monoisotopic (exact) mass is 627 g/mol. The minimum Gasteiger partial charge on any atom is -0.468 e. The molecule has 1 heterocycles. The number of halogens is 2. The van der Waals surface area contributed by atoms with Crippen LogP contribution in [0, 0.1) is 20.2 Å². The first kappa shape index (κ1) is 29.1. The molecule has 192 valence electrons. The van der Waals surface area contributed by atoms with E-state index < -0.39 is 27.2 Å². The van der Waals surface area contributed by atoms with E-state index >= 15 is 0 Å². The molecule has 0 saturated carbocycles. The Morgan fingerprint density at radius 1 is 1.00 bits per heavy atom.